The number of hydrogen-bond donors (Lipinski definition) is 1. The van der Waals surface area contributed by atoms with Crippen LogP contribution in [0.4, 0.5) is 5.69 Å². The van der Waals surface area contributed by atoms with E-state index in [4.69, 9.17) is 5.73 Å². The Labute approximate surface area is 79.9 Å². The van der Waals surface area contributed by atoms with E-state index in [1.165, 1.54) is 6.92 Å². The second kappa shape index (κ2) is 3.72. The van der Waals surface area contributed by atoms with E-state index in [-0.39, 0.29) is 5.78 Å². The SMILES string of the molecule is CC(=O)c1c(N)cccc1CBr. The zero-order chi connectivity index (χ0) is 9.14. The fourth-order valence-electron chi connectivity index (χ4n) is 1.16. The van der Waals surface area contributed by atoms with Crippen LogP contribution in [0.2, 0.25) is 0 Å². The summed E-state index contributed by atoms with van der Waals surface area (Å²) in [6.45, 7) is 1.53. The van der Waals surface area contributed by atoms with Gasteiger partial charge in [-0.2, -0.15) is 0 Å². The molecule has 0 aliphatic carbocycles. The fourth-order valence-corrected chi connectivity index (χ4v) is 1.63. The van der Waals surface area contributed by atoms with Crippen LogP contribution in [-0.4, -0.2) is 5.78 Å². The highest BCUT2D eigenvalue weighted by Gasteiger charge is 2.08. The molecule has 0 amide bonds. The van der Waals surface area contributed by atoms with Crippen molar-refractivity contribution in [1.82, 2.24) is 0 Å². The Kier molecular flexibility index (Phi) is 2.87. The summed E-state index contributed by atoms with van der Waals surface area (Å²) >= 11 is 3.30. The van der Waals surface area contributed by atoms with Gasteiger partial charge in [-0.25, -0.2) is 0 Å². The van der Waals surface area contributed by atoms with Crippen LogP contribution >= 0.6 is 15.9 Å². The van der Waals surface area contributed by atoms with Crippen LogP contribution in [0.1, 0.15) is 22.8 Å². The van der Waals surface area contributed by atoms with Crippen LogP contribution in [0.25, 0.3) is 0 Å². The van der Waals surface area contributed by atoms with E-state index >= 15 is 0 Å². The largest absolute Gasteiger partial charge is 0.398 e. The summed E-state index contributed by atoms with van der Waals surface area (Å²) in [5.74, 6) is 0.0163. The number of ketones is 1. The molecule has 0 atom stereocenters. The van der Waals surface area contributed by atoms with Crippen molar-refractivity contribution in [3.8, 4) is 0 Å². The van der Waals surface area contributed by atoms with Crippen LogP contribution in [-0.2, 0) is 5.33 Å². The molecule has 1 rings (SSSR count). The molecule has 0 heterocycles. The third-order valence-electron chi connectivity index (χ3n) is 1.68. The number of hydrogen-bond acceptors (Lipinski definition) is 2. The molecule has 0 spiro atoms. The third kappa shape index (κ3) is 1.67. The number of nitrogen functional groups attached to an aromatic ring is 1. The first kappa shape index (κ1) is 9.26. The lowest BCUT2D eigenvalue weighted by atomic mass is 10.0. The number of nitrogens with two attached hydrogens (primary N) is 1. The normalized spacial score (nSPS) is 9.83. The summed E-state index contributed by atoms with van der Waals surface area (Å²) in [6.07, 6.45) is 0. The number of rotatable bonds is 2. The summed E-state index contributed by atoms with van der Waals surface area (Å²) in [4.78, 5) is 11.1. The van der Waals surface area contributed by atoms with E-state index in [2.05, 4.69) is 15.9 Å². The molecular weight excluding hydrogens is 218 g/mol. The van der Waals surface area contributed by atoms with E-state index in [1.807, 2.05) is 12.1 Å². The van der Waals surface area contributed by atoms with Gasteiger partial charge in [0.2, 0.25) is 0 Å². The molecule has 0 radical (unpaired) electrons. The molecule has 0 bridgehead atoms. The lowest BCUT2D eigenvalue weighted by molar-refractivity contribution is 0.101. The zero-order valence-corrected chi connectivity index (χ0v) is 8.39. The van der Waals surface area contributed by atoms with Crippen LogP contribution < -0.4 is 5.73 Å². The average molecular weight is 228 g/mol. The summed E-state index contributed by atoms with van der Waals surface area (Å²) in [5.41, 5.74) is 7.79. The quantitative estimate of drug-likeness (QED) is 0.479. The molecule has 0 aliphatic rings. The van der Waals surface area contributed by atoms with Gasteiger partial charge in [0.1, 0.15) is 0 Å². The van der Waals surface area contributed by atoms with Gasteiger partial charge >= 0.3 is 0 Å². The Balaban J connectivity index is 3.29. The van der Waals surface area contributed by atoms with E-state index in [1.54, 1.807) is 6.07 Å². The van der Waals surface area contributed by atoms with Crippen molar-refractivity contribution in [3.05, 3.63) is 29.3 Å². The van der Waals surface area contributed by atoms with Gasteiger partial charge in [0.05, 0.1) is 0 Å². The highest BCUT2D eigenvalue weighted by Crippen LogP contribution is 2.19. The standard InChI is InChI=1S/C9H10BrNO/c1-6(12)9-7(5-10)3-2-4-8(9)11/h2-4H,5,11H2,1H3. The topological polar surface area (TPSA) is 43.1 Å². The maximum atomic E-state index is 11.1. The summed E-state index contributed by atoms with van der Waals surface area (Å²) < 4.78 is 0. The predicted molar refractivity (Wildman–Crippen MR) is 53.5 cm³/mol. The van der Waals surface area contributed by atoms with Crippen molar-refractivity contribution >= 4 is 27.4 Å². The minimum atomic E-state index is 0.0163. The van der Waals surface area contributed by atoms with Gasteiger partial charge in [-0.3, -0.25) is 4.79 Å². The van der Waals surface area contributed by atoms with Gasteiger partial charge < -0.3 is 5.73 Å². The fraction of sp³-hybridized carbons (Fsp3) is 0.222. The van der Waals surface area contributed by atoms with Gasteiger partial charge in [-0.05, 0) is 18.6 Å². The molecule has 0 fully saturated rings. The summed E-state index contributed by atoms with van der Waals surface area (Å²) in [7, 11) is 0. The first-order valence-electron chi connectivity index (χ1n) is 3.61. The molecule has 3 heteroatoms. The number of halogens is 1. The van der Waals surface area contributed by atoms with E-state index in [0.717, 1.165) is 5.56 Å². The molecule has 0 saturated carbocycles. The minimum Gasteiger partial charge on any atom is -0.398 e. The predicted octanol–water partition coefficient (Wildman–Crippen LogP) is 2.37. The number of anilines is 1. The summed E-state index contributed by atoms with van der Waals surface area (Å²) in [6, 6.07) is 5.48. The maximum absolute atomic E-state index is 11.1. The van der Waals surface area contributed by atoms with Gasteiger partial charge in [0.25, 0.3) is 0 Å². The van der Waals surface area contributed by atoms with E-state index in [9.17, 15) is 4.79 Å². The van der Waals surface area contributed by atoms with E-state index in [0.29, 0.717) is 16.6 Å². The van der Waals surface area contributed by atoms with Crippen LogP contribution in [0.5, 0.6) is 0 Å². The van der Waals surface area contributed by atoms with Crippen LogP contribution in [0.3, 0.4) is 0 Å². The van der Waals surface area contributed by atoms with Gasteiger partial charge in [0.15, 0.2) is 5.78 Å². The van der Waals surface area contributed by atoms with E-state index < -0.39 is 0 Å². The molecule has 0 unspecified atom stereocenters. The van der Waals surface area contributed by atoms with Crippen molar-refractivity contribution in [1.29, 1.82) is 0 Å². The smallest absolute Gasteiger partial charge is 0.162 e. The number of Topliss-reactive ketones (excluding diaryl/α,β-unsaturated/α-hetero) is 1. The Hall–Kier alpha value is -0.830. The van der Waals surface area contributed by atoms with Gasteiger partial charge in [-0.1, -0.05) is 28.1 Å². The second-order valence-corrected chi connectivity index (χ2v) is 3.13. The Morgan fingerprint density at radius 3 is 2.67 bits per heavy atom. The monoisotopic (exact) mass is 227 g/mol. The molecule has 2 N–H and O–H groups in total. The van der Waals surface area contributed by atoms with Gasteiger partial charge in [-0.15, -0.1) is 0 Å². The van der Waals surface area contributed by atoms with Crippen molar-refractivity contribution in [2.75, 3.05) is 5.73 Å². The number of carbonyl (C=O) groups is 1. The van der Waals surface area contributed by atoms with Crippen molar-refractivity contribution in [2.45, 2.75) is 12.3 Å². The Bertz CT molecular complexity index is 309. The lowest BCUT2D eigenvalue weighted by Gasteiger charge is -2.05. The van der Waals surface area contributed by atoms with Crippen LogP contribution in [0, 0.1) is 0 Å². The van der Waals surface area contributed by atoms with Crippen molar-refractivity contribution < 1.29 is 4.79 Å². The first-order chi connectivity index (χ1) is 5.66. The molecule has 0 aliphatic heterocycles. The molecule has 1 aromatic rings. The first-order valence-corrected chi connectivity index (χ1v) is 4.73. The number of benzene rings is 1. The molecular formula is C9H10BrNO. The summed E-state index contributed by atoms with van der Waals surface area (Å²) in [5, 5.41) is 0.660. The molecule has 0 aromatic heterocycles. The highest BCUT2D eigenvalue weighted by atomic mass is 79.9. The number of alkyl halides is 1. The lowest BCUT2D eigenvalue weighted by Crippen LogP contribution is -2.03. The molecule has 1 aromatic carbocycles. The Morgan fingerprint density at radius 2 is 2.25 bits per heavy atom. The number of carbonyl (C=O) groups excluding carboxylic acids is 1. The molecule has 2 nitrogen and oxygen atoms in total. The minimum absolute atomic E-state index is 0.0163. The molecule has 64 valence electrons. The average Bonchev–Trinajstić information content (AvgIpc) is 2.03. The zero-order valence-electron chi connectivity index (χ0n) is 6.80. The maximum Gasteiger partial charge on any atom is 0.162 e. The third-order valence-corrected chi connectivity index (χ3v) is 2.28. The highest BCUT2D eigenvalue weighted by molar-refractivity contribution is 9.08. The second-order valence-electron chi connectivity index (χ2n) is 2.57. The Morgan fingerprint density at radius 1 is 1.58 bits per heavy atom. The van der Waals surface area contributed by atoms with Crippen molar-refractivity contribution in [3.63, 3.8) is 0 Å². The molecule has 12 heavy (non-hydrogen) atoms. The van der Waals surface area contributed by atoms with Gasteiger partial charge in [0, 0.05) is 16.6 Å². The molecule has 0 saturated heterocycles. The van der Waals surface area contributed by atoms with Crippen LogP contribution in [0.15, 0.2) is 18.2 Å². The van der Waals surface area contributed by atoms with Crippen molar-refractivity contribution in [2.24, 2.45) is 0 Å².